The van der Waals surface area contributed by atoms with E-state index in [0.29, 0.717) is 22.3 Å². The van der Waals surface area contributed by atoms with Crippen molar-refractivity contribution in [3.05, 3.63) is 28.2 Å². The first-order valence-electron chi connectivity index (χ1n) is 6.95. The highest BCUT2D eigenvalue weighted by molar-refractivity contribution is 6.35. The number of nitrogens with zero attached hydrogens (tertiary/aromatic N) is 1. The first kappa shape index (κ1) is 17.8. The normalized spacial score (nSPS) is 10.3. The number of anilines is 1. The summed E-state index contributed by atoms with van der Waals surface area (Å²) >= 11 is 11.9. The van der Waals surface area contributed by atoms with Crippen LogP contribution in [0.2, 0.25) is 10.0 Å². The van der Waals surface area contributed by atoms with E-state index < -0.39 is 0 Å². The number of rotatable bonds is 7. The van der Waals surface area contributed by atoms with Gasteiger partial charge in [0, 0.05) is 29.2 Å². The summed E-state index contributed by atoms with van der Waals surface area (Å²) in [5.74, 6) is -0.436. The Labute approximate surface area is 135 Å². The maximum atomic E-state index is 11.9. The molecule has 1 rings (SSSR count). The molecule has 1 N–H and O–H groups in total. The van der Waals surface area contributed by atoms with Crippen molar-refractivity contribution < 1.29 is 9.59 Å². The van der Waals surface area contributed by atoms with Crippen LogP contribution in [-0.4, -0.2) is 24.9 Å². The number of amides is 2. The van der Waals surface area contributed by atoms with Crippen molar-refractivity contribution in [2.24, 2.45) is 0 Å². The largest absolute Gasteiger partial charge is 0.355 e. The highest BCUT2D eigenvalue weighted by Crippen LogP contribution is 2.25. The Balaban J connectivity index is 2.69. The van der Waals surface area contributed by atoms with E-state index in [9.17, 15) is 9.59 Å². The fourth-order valence-electron chi connectivity index (χ4n) is 1.88. The van der Waals surface area contributed by atoms with Crippen molar-refractivity contribution in [2.45, 2.75) is 33.1 Å². The summed E-state index contributed by atoms with van der Waals surface area (Å²) < 4.78 is 0. The minimum Gasteiger partial charge on any atom is -0.355 e. The Hall–Kier alpha value is -1.26. The summed E-state index contributed by atoms with van der Waals surface area (Å²) in [6.07, 6.45) is 3.10. The summed E-state index contributed by atoms with van der Waals surface area (Å²) in [4.78, 5) is 25.0. The zero-order chi connectivity index (χ0) is 15.8. The average Bonchev–Trinajstić information content (AvgIpc) is 2.39. The smallest absolute Gasteiger partial charge is 0.240 e. The van der Waals surface area contributed by atoms with Crippen LogP contribution in [0.1, 0.15) is 33.1 Å². The van der Waals surface area contributed by atoms with Crippen LogP contribution in [0, 0.1) is 0 Å². The fourth-order valence-corrected chi connectivity index (χ4v) is 2.40. The second-order valence-corrected chi connectivity index (χ2v) is 5.66. The molecule has 21 heavy (non-hydrogen) atoms. The molecular formula is C15H20Cl2N2O2. The third-order valence-electron chi connectivity index (χ3n) is 2.94. The third-order valence-corrected chi connectivity index (χ3v) is 3.38. The number of carbonyl (C=O) groups is 2. The lowest BCUT2D eigenvalue weighted by molar-refractivity contribution is -0.123. The molecule has 6 heteroatoms. The number of benzene rings is 1. The van der Waals surface area contributed by atoms with Crippen LogP contribution in [0.25, 0.3) is 0 Å². The third kappa shape index (κ3) is 6.36. The minimum atomic E-state index is -0.239. The van der Waals surface area contributed by atoms with Gasteiger partial charge < -0.3 is 10.2 Å². The fraction of sp³-hybridized carbons (Fsp3) is 0.467. The molecular weight excluding hydrogens is 311 g/mol. The van der Waals surface area contributed by atoms with E-state index in [4.69, 9.17) is 23.2 Å². The topological polar surface area (TPSA) is 49.4 Å². The quantitative estimate of drug-likeness (QED) is 0.775. The number of hydrogen-bond acceptors (Lipinski definition) is 2. The molecule has 0 heterocycles. The Morgan fingerprint density at radius 2 is 1.76 bits per heavy atom. The minimum absolute atomic E-state index is 0.0435. The van der Waals surface area contributed by atoms with Crippen molar-refractivity contribution in [3.63, 3.8) is 0 Å². The molecule has 0 saturated carbocycles. The monoisotopic (exact) mass is 330 g/mol. The van der Waals surface area contributed by atoms with Gasteiger partial charge >= 0.3 is 0 Å². The Morgan fingerprint density at radius 3 is 2.29 bits per heavy atom. The lowest BCUT2D eigenvalue weighted by Crippen LogP contribution is -2.40. The summed E-state index contributed by atoms with van der Waals surface area (Å²) in [5, 5.41) is 3.65. The number of halogens is 2. The number of carbonyl (C=O) groups excluding carboxylic acids is 2. The van der Waals surface area contributed by atoms with Crippen LogP contribution >= 0.6 is 23.2 Å². The van der Waals surface area contributed by atoms with Crippen molar-refractivity contribution in [1.29, 1.82) is 0 Å². The van der Waals surface area contributed by atoms with Gasteiger partial charge in [-0.15, -0.1) is 0 Å². The van der Waals surface area contributed by atoms with Gasteiger partial charge in [-0.2, -0.15) is 0 Å². The van der Waals surface area contributed by atoms with Crippen LogP contribution in [0.5, 0.6) is 0 Å². The zero-order valence-corrected chi connectivity index (χ0v) is 13.8. The predicted octanol–water partition coefficient (Wildman–Crippen LogP) is 3.65. The molecule has 1 aromatic carbocycles. The molecule has 2 amide bonds. The van der Waals surface area contributed by atoms with Crippen molar-refractivity contribution in [1.82, 2.24) is 5.32 Å². The molecule has 0 saturated heterocycles. The van der Waals surface area contributed by atoms with Gasteiger partial charge in [-0.3, -0.25) is 9.59 Å². The van der Waals surface area contributed by atoms with E-state index in [2.05, 4.69) is 12.2 Å². The summed E-state index contributed by atoms with van der Waals surface area (Å²) in [6.45, 7) is 4.08. The van der Waals surface area contributed by atoms with Gasteiger partial charge in [0.05, 0.1) is 0 Å². The van der Waals surface area contributed by atoms with Gasteiger partial charge in [0.1, 0.15) is 6.54 Å². The maximum absolute atomic E-state index is 11.9. The van der Waals surface area contributed by atoms with Crippen molar-refractivity contribution >= 4 is 40.7 Å². The van der Waals surface area contributed by atoms with Crippen molar-refractivity contribution in [2.75, 3.05) is 18.0 Å². The maximum Gasteiger partial charge on any atom is 0.240 e. The van der Waals surface area contributed by atoms with Gasteiger partial charge in [-0.25, -0.2) is 0 Å². The van der Waals surface area contributed by atoms with E-state index in [1.807, 2.05) is 0 Å². The molecule has 0 atom stereocenters. The van der Waals surface area contributed by atoms with E-state index in [1.54, 1.807) is 18.2 Å². The Morgan fingerprint density at radius 1 is 1.14 bits per heavy atom. The van der Waals surface area contributed by atoms with E-state index >= 15 is 0 Å². The zero-order valence-electron chi connectivity index (χ0n) is 12.3. The van der Waals surface area contributed by atoms with Gasteiger partial charge in [0.15, 0.2) is 0 Å². The van der Waals surface area contributed by atoms with Crippen LogP contribution in [0.4, 0.5) is 5.69 Å². The Kier molecular flexibility index (Phi) is 7.54. The molecule has 4 nitrogen and oxygen atoms in total. The number of unbranched alkanes of at least 4 members (excludes halogenated alkanes) is 2. The molecule has 1 aromatic rings. The van der Waals surface area contributed by atoms with Gasteiger partial charge in [0.2, 0.25) is 11.8 Å². The van der Waals surface area contributed by atoms with Crippen molar-refractivity contribution in [3.8, 4) is 0 Å². The highest BCUT2D eigenvalue weighted by atomic mass is 35.5. The molecule has 0 aliphatic heterocycles. The first-order valence-corrected chi connectivity index (χ1v) is 7.70. The first-order chi connectivity index (χ1) is 9.93. The standard InChI is InChI=1S/C15H20Cl2N2O2/c1-3-4-5-6-18-15(21)10-19(11(2)20)14-8-12(16)7-13(17)9-14/h7-9H,3-6,10H2,1-2H3,(H,18,21). The van der Waals surface area contributed by atoms with E-state index in [0.717, 1.165) is 19.3 Å². The Bertz CT molecular complexity index is 486. The number of nitrogens with one attached hydrogen (secondary N) is 1. The molecule has 0 aliphatic rings. The summed E-state index contributed by atoms with van der Waals surface area (Å²) in [5.41, 5.74) is 0.517. The van der Waals surface area contributed by atoms with E-state index in [-0.39, 0.29) is 18.4 Å². The summed E-state index contributed by atoms with van der Waals surface area (Å²) in [7, 11) is 0. The van der Waals surface area contributed by atoms with E-state index in [1.165, 1.54) is 11.8 Å². The van der Waals surface area contributed by atoms with Gasteiger partial charge in [-0.1, -0.05) is 43.0 Å². The molecule has 0 fully saturated rings. The van der Waals surface area contributed by atoms with Crippen LogP contribution < -0.4 is 10.2 Å². The molecule has 0 radical (unpaired) electrons. The molecule has 0 aliphatic carbocycles. The molecule has 0 aromatic heterocycles. The second-order valence-electron chi connectivity index (χ2n) is 4.79. The lowest BCUT2D eigenvalue weighted by atomic mass is 10.2. The van der Waals surface area contributed by atoms with Crippen LogP contribution in [-0.2, 0) is 9.59 Å². The molecule has 116 valence electrons. The predicted molar refractivity (Wildman–Crippen MR) is 87.0 cm³/mol. The lowest BCUT2D eigenvalue weighted by Gasteiger charge is -2.21. The van der Waals surface area contributed by atoms with Crippen LogP contribution in [0.3, 0.4) is 0 Å². The number of hydrogen-bond donors (Lipinski definition) is 1. The van der Waals surface area contributed by atoms with Gasteiger partial charge in [0.25, 0.3) is 0 Å². The van der Waals surface area contributed by atoms with Crippen LogP contribution in [0.15, 0.2) is 18.2 Å². The SMILES string of the molecule is CCCCCNC(=O)CN(C(C)=O)c1cc(Cl)cc(Cl)c1. The summed E-state index contributed by atoms with van der Waals surface area (Å²) in [6, 6.07) is 4.80. The molecule has 0 bridgehead atoms. The second kappa shape index (κ2) is 8.90. The molecule has 0 unspecified atom stereocenters. The highest BCUT2D eigenvalue weighted by Gasteiger charge is 2.16. The average molecular weight is 331 g/mol. The van der Waals surface area contributed by atoms with Gasteiger partial charge in [-0.05, 0) is 24.6 Å². The molecule has 0 spiro atoms.